The number of nitrogens with one attached hydrogen (secondary N) is 1. The van der Waals surface area contributed by atoms with E-state index in [1.54, 1.807) is 12.1 Å². The van der Waals surface area contributed by atoms with E-state index in [0.717, 1.165) is 16.3 Å². The molecule has 0 amide bonds. The lowest BCUT2D eigenvalue weighted by molar-refractivity contribution is 0.373. The molecule has 6 nitrogen and oxygen atoms in total. The van der Waals surface area contributed by atoms with Crippen molar-refractivity contribution in [2.45, 2.75) is 0 Å². The number of anilines is 1. The zero-order valence-corrected chi connectivity index (χ0v) is 15.7. The van der Waals surface area contributed by atoms with Gasteiger partial charge in [-0.25, -0.2) is 10.8 Å². The Balaban J connectivity index is 1.94. The topological polar surface area (TPSA) is 104 Å². The normalized spacial score (nSPS) is 10.5. The number of phenolic OH excluding ortho intramolecular Hbond substituents is 1. The van der Waals surface area contributed by atoms with Crippen molar-refractivity contribution >= 4 is 16.6 Å². The highest BCUT2D eigenvalue weighted by atomic mass is 16.5. The molecule has 0 aliphatic heterocycles. The minimum atomic E-state index is 0.0238. The van der Waals surface area contributed by atoms with E-state index in [1.165, 1.54) is 13.2 Å². The molecule has 0 unspecified atom stereocenters. The fraction of sp³-hybridized carbons (Fsp3) is 0.0435. The lowest BCUT2D eigenvalue weighted by Crippen LogP contribution is -2.11. The van der Waals surface area contributed by atoms with Gasteiger partial charge in [-0.3, -0.25) is 0 Å². The van der Waals surface area contributed by atoms with Gasteiger partial charge >= 0.3 is 0 Å². The molecule has 1 heterocycles. The fourth-order valence-electron chi connectivity index (χ4n) is 3.33. The fourth-order valence-corrected chi connectivity index (χ4v) is 3.33. The molecule has 0 saturated carbocycles. The molecule has 0 radical (unpaired) electrons. The number of nitrogens with two attached hydrogens (primary N) is 1. The Morgan fingerprint density at radius 3 is 2.48 bits per heavy atom. The Labute approximate surface area is 167 Å². The molecule has 29 heavy (non-hydrogen) atoms. The van der Waals surface area contributed by atoms with Crippen molar-refractivity contribution in [2.75, 3.05) is 12.5 Å². The Kier molecular flexibility index (Phi) is 4.73. The SMILES string of the molecule is COc1cc(-c2cc(-c3ccc4ccccc4c3)nc(NN)c2C#N)ccc1O. The summed E-state index contributed by atoms with van der Waals surface area (Å²) in [6, 6.07) is 23.1. The van der Waals surface area contributed by atoms with E-state index >= 15 is 0 Å². The number of hydrogen-bond acceptors (Lipinski definition) is 6. The molecule has 0 saturated heterocycles. The van der Waals surface area contributed by atoms with Crippen LogP contribution in [0.3, 0.4) is 0 Å². The first-order valence-electron chi connectivity index (χ1n) is 8.93. The van der Waals surface area contributed by atoms with Crippen LogP contribution in [0.15, 0.2) is 66.7 Å². The molecule has 0 fully saturated rings. The maximum absolute atomic E-state index is 9.91. The van der Waals surface area contributed by atoms with Gasteiger partial charge in [-0.1, -0.05) is 42.5 Å². The molecule has 0 spiro atoms. The molecule has 0 aliphatic rings. The van der Waals surface area contributed by atoms with E-state index in [2.05, 4.69) is 16.5 Å². The highest BCUT2D eigenvalue weighted by Gasteiger charge is 2.16. The Bertz CT molecular complexity index is 1260. The number of ether oxygens (including phenoxy) is 1. The first-order valence-corrected chi connectivity index (χ1v) is 8.93. The summed E-state index contributed by atoms with van der Waals surface area (Å²) in [6.45, 7) is 0. The number of pyridine rings is 1. The van der Waals surface area contributed by atoms with Gasteiger partial charge in [0.2, 0.25) is 0 Å². The van der Waals surface area contributed by atoms with Crippen LogP contribution < -0.4 is 16.0 Å². The van der Waals surface area contributed by atoms with Gasteiger partial charge in [-0.05, 0) is 40.6 Å². The second-order valence-corrected chi connectivity index (χ2v) is 6.48. The molecular weight excluding hydrogens is 364 g/mol. The van der Waals surface area contributed by atoms with Gasteiger partial charge < -0.3 is 15.3 Å². The van der Waals surface area contributed by atoms with E-state index in [0.29, 0.717) is 28.1 Å². The molecular formula is C23H18N4O2. The largest absolute Gasteiger partial charge is 0.504 e. The quantitative estimate of drug-likeness (QED) is 0.356. The maximum Gasteiger partial charge on any atom is 0.161 e. The van der Waals surface area contributed by atoms with Crippen LogP contribution >= 0.6 is 0 Å². The third-order valence-corrected chi connectivity index (χ3v) is 4.80. The van der Waals surface area contributed by atoms with Gasteiger partial charge in [-0.2, -0.15) is 5.26 Å². The van der Waals surface area contributed by atoms with Crippen molar-refractivity contribution in [3.8, 4) is 40.0 Å². The van der Waals surface area contributed by atoms with Crippen LogP contribution in [0.4, 0.5) is 5.82 Å². The zero-order valence-electron chi connectivity index (χ0n) is 15.7. The summed E-state index contributed by atoms with van der Waals surface area (Å²) in [4.78, 5) is 4.55. The van der Waals surface area contributed by atoms with Gasteiger partial charge in [0.05, 0.1) is 12.8 Å². The average molecular weight is 382 g/mol. The van der Waals surface area contributed by atoms with E-state index in [-0.39, 0.29) is 11.6 Å². The number of hydrazine groups is 1. The van der Waals surface area contributed by atoms with Crippen molar-refractivity contribution in [3.05, 3.63) is 72.3 Å². The summed E-state index contributed by atoms with van der Waals surface area (Å²) in [6.07, 6.45) is 0. The second-order valence-electron chi connectivity index (χ2n) is 6.48. The number of aromatic nitrogens is 1. The van der Waals surface area contributed by atoms with Crippen LogP contribution in [0.1, 0.15) is 5.56 Å². The van der Waals surface area contributed by atoms with Gasteiger partial charge in [0.15, 0.2) is 17.3 Å². The summed E-state index contributed by atoms with van der Waals surface area (Å²) in [7, 11) is 1.48. The molecule has 4 rings (SSSR count). The van der Waals surface area contributed by atoms with Crippen molar-refractivity contribution in [3.63, 3.8) is 0 Å². The van der Waals surface area contributed by atoms with Gasteiger partial charge in [0.25, 0.3) is 0 Å². The summed E-state index contributed by atoms with van der Waals surface area (Å²) in [5, 5.41) is 21.8. The predicted molar refractivity (Wildman–Crippen MR) is 113 cm³/mol. The highest BCUT2D eigenvalue weighted by molar-refractivity contribution is 5.88. The number of nitrogens with zero attached hydrogens (tertiary/aromatic N) is 2. The number of hydrogen-bond donors (Lipinski definition) is 3. The van der Waals surface area contributed by atoms with E-state index < -0.39 is 0 Å². The van der Waals surface area contributed by atoms with Crippen molar-refractivity contribution in [1.29, 1.82) is 5.26 Å². The molecule has 0 aliphatic carbocycles. The predicted octanol–water partition coefficient (Wildman–Crippen LogP) is 4.44. The summed E-state index contributed by atoms with van der Waals surface area (Å²) in [5.41, 5.74) is 5.75. The van der Waals surface area contributed by atoms with Crippen LogP contribution in [0.25, 0.3) is 33.2 Å². The summed E-state index contributed by atoms with van der Waals surface area (Å²) < 4.78 is 5.21. The first kappa shape index (κ1) is 18.3. The lowest BCUT2D eigenvalue weighted by atomic mass is 9.97. The third kappa shape index (κ3) is 3.31. The van der Waals surface area contributed by atoms with Crippen LogP contribution in [0.2, 0.25) is 0 Å². The van der Waals surface area contributed by atoms with E-state index in [4.69, 9.17) is 10.6 Å². The van der Waals surface area contributed by atoms with E-state index in [1.807, 2.05) is 48.5 Å². The van der Waals surface area contributed by atoms with Crippen LogP contribution in [0.5, 0.6) is 11.5 Å². The number of aromatic hydroxyl groups is 1. The molecule has 1 aromatic heterocycles. The highest BCUT2D eigenvalue weighted by Crippen LogP contribution is 2.36. The number of phenols is 1. The van der Waals surface area contributed by atoms with Crippen molar-refractivity contribution in [2.24, 2.45) is 5.84 Å². The molecule has 0 atom stereocenters. The Morgan fingerprint density at radius 1 is 1.00 bits per heavy atom. The summed E-state index contributed by atoms with van der Waals surface area (Å²) >= 11 is 0. The smallest absolute Gasteiger partial charge is 0.161 e. The van der Waals surface area contributed by atoms with Crippen LogP contribution in [-0.2, 0) is 0 Å². The van der Waals surface area contributed by atoms with Gasteiger partial charge in [0.1, 0.15) is 11.6 Å². The molecule has 4 N–H and O–H groups in total. The van der Waals surface area contributed by atoms with Crippen LogP contribution in [-0.4, -0.2) is 17.2 Å². The van der Waals surface area contributed by atoms with Gasteiger partial charge in [0, 0.05) is 11.1 Å². The molecule has 4 aromatic rings. The number of nitrogen functional groups attached to an aromatic ring is 1. The molecule has 6 heteroatoms. The third-order valence-electron chi connectivity index (χ3n) is 4.80. The average Bonchev–Trinajstić information content (AvgIpc) is 2.78. The molecule has 142 valence electrons. The first-order chi connectivity index (χ1) is 14.1. The number of rotatable bonds is 4. The number of benzene rings is 3. The van der Waals surface area contributed by atoms with Crippen LogP contribution in [0, 0.1) is 11.3 Å². The van der Waals surface area contributed by atoms with Gasteiger partial charge in [-0.15, -0.1) is 0 Å². The minimum Gasteiger partial charge on any atom is -0.504 e. The number of fused-ring (bicyclic) bond motifs is 1. The standard InChI is InChI=1S/C23H18N4O2/c1-29-22-11-16(8-9-21(22)28)18-12-20(26-23(27-25)19(18)13-24)17-7-6-14-4-2-3-5-15(14)10-17/h2-12,28H,25H2,1H3,(H,26,27). The van der Waals surface area contributed by atoms with Crippen molar-refractivity contribution < 1.29 is 9.84 Å². The number of methoxy groups -OCH3 is 1. The Hall–Kier alpha value is -4.08. The number of nitriles is 1. The summed E-state index contributed by atoms with van der Waals surface area (Å²) in [5.74, 6) is 6.28. The lowest BCUT2D eigenvalue weighted by Gasteiger charge is -2.13. The maximum atomic E-state index is 9.91. The molecule has 0 bridgehead atoms. The zero-order chi connectivity index (χ0) is 20.4. The minimum absolute atomic E-state index is 0.0238. The van der Waals surface area contributed by atoms with Crippen molar-refractivity contribution in [1.82, 2.24) is 4.98 Å². The van der Waals surface area contributed by atoms with E-state index in [9.17, 15) is 10.4 Å². The second kappa shape index (κ2) is 7.50. The Morgan fingerprint density at radius 2 is 1.76 bits per heavy atom. The molecule has 3 aromatic carbocycles. The monoisotopic (exact) mass is 382 g/mol.